The molecule has 1 heterocycles. The van der Waals surface area contributed by atoms with E-state index in [1.807, 2.05) is 19.0 Å². The van der Waals surface area contributed by atoms with Crippen molar-refractivity contribution in [1.82, 2.24) is 9.88 Å². The van der Waals surface area contributed by atoms with E-state index in [1.54, 1.807) is 19.1 Å². The fourth-order valence-corrected chi connectivity index (χ4v) is 1.93. The molecule has 0 amide bonds. The molecule has 1 atom stereocenters. The zero-order chi connectivity index (χ0) is 16.0. The summed E-state index contributed by atoms with van der Waals surface area (Å²) >= 11 is 0. The van der Waals surface area contributed by atoms with Crippen molar-refractivity contribution in [2.45, 2.75) is 26.4 Å². The van der Waals surface area contributed by atoms with Crippen molar-refractivity contribution in [3.8, 4) is 5.88 Å². The number of hydrogen-bond donors (Lipinski definition) is 3. The second kappa shape index (κ2) is 7.47. The summed E-state index contributed by atoms with van der Waals surface area (Å²) in [6.07, 6.45) is 0. The second-order valence-corrected chi connectivity index (χ2v) is 6.38. The maximum absolute atomic E-state index is 10.3. The molecule has 0 aliphatic heterocycles. The number of aliphatic hydroxyl groups is 1. The Hall–Kier alpha value is -1.53. The van der Waals surface area contributed by atoms with Gasteiger partial charge in [-0.1, -0.05) is 13.8 Å². The minimum absolute atomic E-state index is 0.395. The van der Waals surface area contributed by atoms with Gasteiger partial charge >= 0.3 is 0 Å². The largest absolute Gasteiger partial charge is 0.476 e. The summed E-state index contributed by atoms with van der Waals surface area (Å²) in [7, 11) is 3.85. The van der Waals surface area contributed by atoms with E-state index in [0.717, 1.165) is 0 Å². The number of ether oxygens (including phenoxy) is 1. The van der Waals surface area contributed by atoms with Gasteiger partial charge in [-0.2, -0.15) is 4.98 Å². The van der Waals surface area contributed by atoms with Crippen molar-refractivity contribution in [2.75, 3.05) is 44.8 Å². The Kier molecular flexibility index (Phi) is 6.23. The summed E-state index contributed by atoms with van der Waals surface area (Å²) in [5.41, 5.74) is 5.53. The molecule has 4 N–H and O–H groups in total. The van der Waals surface area contributed by atoms with Gasteiger partial charge in [0.25, 0.3) is 0 Å². The lowest BCUT2D eigenvalue weighted by molar-refractivity contribution is 0.0459. The second-order valence-electron chi connectivity index (χ2n) is 6.38. The maximum Gasteiger partial charge on any atom is 0.239 e. The molecule has 6 nitrogen and oxygen atoms in total. The molecular weight excluding hydrogens is 268 g/mol. The number of nitrogens with two attached hydrogens (primary N) is 1. The summed E-state index contributed by atoms with van der Waals surface area (Å²) in [6, 6.07) is 3.54. The topological polar surface area (TPSA) is 83.6 Å². The van der Waals surface area contributed by atoms with Crippen molar-refractivity contribution in [3.63, 3.8) is 0 Å². The first-order chi connectivity index (χ1) is 9.69. The van der Waals surface area contributed by atoms with Crippen molar-refractivity contribution in [1.29, 1.82) is 0 Å². The Morgan fingerprint density at radius 2 is 2.10 bits per heavy atom. The summed E-state index contributed by atoms with van der Waals surface area (Å²) < 4.78 is 5.59. The third kappa shape index (κ3) is 6.64. The summed E-state index contributed by atoms with van der Waals surface area (Å²) in [5.74, 6) is 1.48. The van der Waals surface area contributed by atoms with E-state index in [1.165, 1.54) is 0 Å². The molecule has 0 spiro atoms. The predicted molar refractivity (Wildman–Crippen MR) is 86.6 cm³/mol. The summed E-state index contributed by atoms with van der Waals surface area (Å²) in [5, 5.41) is 13.4. The van der Waals surface area contributed by atoms with Gasteiger partial charge in [0.05, 0.1) is 17.9 Å². The molecule has 1 aromatic heterocycles. The smallest absolute Gasteiger partial charge is 0.239 e. The Morgan fingerprint density at radius 3 is 2.67 bits per heavy atom. The first kappa shape index (κ1) is 17.5. The molecule has 0 fully saturated rings. The molecule has 0 aliphatic rings. The van der Waals surface area contributed by atoms with Crippen molar-refractivity contribution >= 4 is 11.5 Å². The van der Waals surface area contributed by atoms with Gasteiger partial charge in [0, 0.05) is 13.1 Å². The lowest BCUT2D eigenvalue weighted by Gasteiger charge is -2.27. The van der Waals surface area contributed by atoms with Crippen LogP contribution >= 0.6 is 0 Å². The van der Waals surface area contributed by atoms with Gasteiger partial charge in [0.1, 0.15) is 5.82 Å². The van der Waals surface area contributed by atoms with Crippen LogP contribution in [-0.4, -0.2) is 54.4 Å². The van der Waals surface area contributed by atoms with Gasteiger partial charge in [-0.05, 0) is 39.1 Å². The van der Waals surface area contributed by atoms with E-state index < -0.39 is 5.60 Å². The highest BCUT2D eigenvalue weighted by Crippen LogP contribution is 2.21. The summed E-state index contributed by atoms with van der Waals surface area (Å²) in [6.45, 7) is 7.44. The molecule has 0 saturated carbocycles. The fourth-order valence-electron chi connectivity index (χ4n) is 1.93. The lowest BCUT2D eigenvalue weighted by Crippen LogP contribution is -2.43. The van der Waals surface area contributed by atoms with Crippen LogP contribution in [0.3, 0.4) is 0 Å². The van der Waals surface area contributed by atoms with Crippen molar-refractivity contribution in [3.05, 3.63) is 12.1 Å². The molecule has 21 heavy (non-hydrogen) atoms. The summed E-state index contributed by atoms with van der Waals surface area (Å²) in [4.78, 5) is 6.28. The van der Waals surface area contributed by atoms with Gasteiger partial charge in [0.2, 0.25) is 5.88 Å². The third-order valence-electron chi connectivity index (χ3n) is 2.75. The Bertz CT molecular complexity index is 447. The quantitative estimate of drug-likeness (QED) is 0.673. The molecule has 1 rings (SSSR count). The lowest BCUT2D eigenvalue weighted by atomic mass is 10.1. The van der Waals surface area contributed by atoms with E-state index in [9.17, 15) is 5.11 Å². The molecule has 6 heteroatoms. The average molecular weight is 296 g/mol. The van der Waals surface area contributed by atoms with E-state index in [-0.39, 0.29) is 0 Å². The van der Waals surface area contributed by atoms with Crippen LogP contribution in [0.1, 0.15) is 20.8 Å². The number of nitrogens with zero attached hydrogens (tertiary/aromatic N) is 2. The standard InChI is InChI=1S/C15H28N4O2/c1-11(2)8-21-14-12(16)6-7-13(18-14)17-9-15(3,20)10-19(4)5/h6-7,11,20H,8-10,16H2,1-5H3,(H,17,18). The number of likely N-dealkylation sites (N-methyl/N-ethyl adjacent to an activating group) is 1. The first-order valence-corrected chi connectivity index (χ1v) is 7.20. The zero-order valence-electron chi connectivity index (χ0n) is 13.7. The molecule has 0 aromatic carbocycles. The molecule has 0 radical (unpaired) electrons. The number of nitrogen functional groups attached to an aromatic ring is 1. The van der Waals surface area contributed by atoms with Gasteiger partial charge in [-0.15, -0.1) is 0 Å². The van der Waals surface area contributed by atoms with Gasteiger partial charge in [-0.25, -0.2) is 0 Å². The highest BCUT2D eigenvalue weighted by molar-refractivity contribution is 5.53. The van der Waals surface area contributed by atoms with Crippen LogP contribution in [0.2, 0.25) is 0 Å². The van der Waals surface area contributed by atoms with E-state index >= 15 is 0 Å². The predicted octanol–water partition coefficient (Wildman–Crippen LogP) is 1.42. The molecular formula is C15H28N4O2. The number of anilines is 2. The Labute approximate surface area is 127 Å². The van der Waals surface area contributed by atoms with Crippen molar-refractivity contribution in [2.24, 2.45) is 5.92 Å². The monoisotopic (exact) mass is 296 g/mol. The van der Waals surface area contributed by atoms with Crippen molar-refractivity contribution < 1.29 is 9.84 Å². The first-order valence-electron chi connectivity index (χ1n) is 7.20. The van der Waals surface area contributed by atoms with Crippen LogP contribution in [-0.2, 0) is 0 Å². The number of pyridine rings is 1. The van der Waals surface area contributed by atoms with Crippen LogP contribution in [0.5, 0.6) is 5.88 Å². The van der Waals surface area contributed by atoms with Crippen LogP contribution in [0.4, 0.5) is 11.5 Å². The van der Waals surface area contributed by atoms with Gasteiger partial charge < -0.3 is 25.8 Å². The van der Waals surface area contributed by atoms with Gasteiger partial charge in [0.15, 0.2) is 0 Å². The Morgan fingerprint density at radius 1 is 1.43 bits per heavy atom. The van der Waals surface area contributed by atoms with Crippen LogP contribution in [0, 0.1) is 5.92 Å². The minimum Gasteiger partial charge on any atom is -0.476 e. The fraction of sp³-hybridized carbons (Fsp3) is 0.667. The number of nitrogens with one attached hydrogen (secondary N) is 1. The molecule has 1 aromatic rings. The van der Waals surface area contributed by atoms with Crippen LogP contribution in [0.15, 0.2) is 12.1 Å². The number of aromatic nitrogens is 1. The molecule has 0 saturated heterocycles. The van der Waals surface area contributed by atoms with Crippen LogP contribution in [0.25, 0.3) is 0 Å². The van der Waals surface area contributed by atoms with Crippen LogP contribution < -0.4 is 15.8 Å². The normalized spacial score (nSPS) is 14.3. The SMILES string of the molecule is CC(C)COc1nc(NCC(C)(O)CN(C)C)ccc1N. The molecule has 1 unspecified atom stereocenters. The highest BCUT2D eigenvalue weighted by atomic mass is 16.5. The minimum atomic E-state index is -0.842. The molecule has 0 aliphatic carbocycles. The Balaban J connectivity index is 2.65. The average Bonchev–Trinajstić information content (AvgIpc) is 2.34. The number of hydrogen-bond acceptors (Lipinski definition) is 6. The third-order valence-corrected chi connectivity index (χ3v) is 2.75. The number of rotatable bonds is 8. The maximum atomic E-state index is 10.3. The van der Waals surface area contributed by atoms with E-state index in [2.05, 4.69) is 24.1 Å². The highest BCUT2D eigenvalue weighted by Gasteiger charge is 2.21. The molecule has 120 valence electrons. The van der Waals surface area contributed by atoms with E-state index in [0.29, 0.717) is 43.0 Å². The zero-order valence-corrected chi connectivity index (χ0v) is 13.7. The van der Waals surface area contributed by atoms with E-state index in [4.69, 9.17) is 10.5 Å². The van der Waals surface area contributed by atoms with Gasteiger partial charge in [-0.3, -0.25) is 0 Å². The molecule has 0 bridgehead atoms.